The van der Waals surface area contributed by atoms with Gasteiger partial charge in [-0.05, 0) is 24.7 Å². The second kappa shape index (κ2) is 10.7. The van der Waals surface area contributed by atoms with E-state index in [4.69, 9.17) is 0 Å². The molecule has 0 saturated heterocycles. The SMILES string of the molecule is CCCCC(C)/C=C/CC(C)/C=C/C[C]=O. The lowest BCUT2D eigenvalue weighted by molar-refractivity contribution is 0.556. The van der Waals surface area contributed by atoms with Gasteiger partial charge in [0, 0.05) is 6.42 Å². The van der Waals surface area contributed by atoms with E-state index in [0.717, 1.165) is 6.42 Å². The molecule has 0 fully saturated rings. The fourth-order valence-electron chi connectivity index (χ4n) is 1.57. The highest BCUT2D eigenvalue weighted by Crippen LogP contribution is 2.11. The van der Waals surface area contributed by atoms with Crippen molar-refractivity contribution in [1.82, 2.24) is 0 Å². The van der Waals surface area contributed by atoms with Gasteiger partial charge in [0.25, 0.3) is 0 Å². The van der Waals surface area contributed by atoms with Crippen molar-refractivity contribution in [3.63, 3.8) is 0 Å². The van der Waals surface area contributed by atoms with Crippen molar-refractivity contribution in [2.75, 3.05) is 0 Å². The Balaban J connectivity index is 3.68. The van der Waals surface area contributed by atoms with Crippen LogP contribution in [0.15, 0.2) is 24.3 Å². The average Bonchev–Trinajstić information content (AvgIpc) is 2.26. The van der Waals surface area contributed by atoms with Crippen LogP contribution in [0, 0.1) is 11.8 Å². The predicted octanol–water partition coefficient (Wildman–Crippen LogP) is 4.45. The summed E-state index contributed by atoms with van der Waals surface area (Å²) in [7, 11) is 0. The van der Waals surface area contributed by atoms with E-state index in [1.54, 1.807) is 0 Å². The summed E-state index contributed by atoms with van der Waals surface area (Å²) in [6.45, 7) is 6.67. The third kappa shape index (κ3) is 9.70. The minimum atomic E-state index is 0.418. The van der Waals surface area contributed by atoms with Crippen LogP contribution < -0.4 is 0 Å². The van der Waals surface area contributed by atoms with Crippen LogP contribution in [0.5, 0.6) is 0 Å². The molecule has 0 rings (SSSR count). The maximum Gasteiger partial charge on any atom is 0.202 e. The Morgan fingerprint density at radius 2 is 1.81 bits per heavy atom. The molecule has 2 unspecified atom stereocenters. The van der Waals surface area contributed by atoms with E-state index >= 15 is 0 Å². The highest BCUT2D eigenvalue weighted by molar-refractivity contribution is 5.52. The number of rotatable bonds is 9. The number of carbonyl (C=O) groups excluding carboxylic acids is 1. The van der Waals surface area contributed by atoms with Gasteiger partial charge in [-0.15, -0.1) is 0 Å². The minimum absolute atomic E-state index is 0.418. The predicted molar refractivity (Wildman–Crippen MR) is 71.1 cm³/mol. The van der Waals surface area contributed by atoms with Crippen LogP contribution in [-0.4, -0.2) is 6.29 Å². The van der Waals surface area contributed by atoms with E-state index < -0.39 is 0 Å². The highest BCUT2D eigenvalue weighted by Gasteiger charge is 1.96. The third-order valence-corrected chi connectivity index (χ3v) is 2.65. The summed E-state index contributed by atoms with van der Waals surface area (Å²) in [5.74, 6) is 1.21. The Hall–Kier alpha value is -0.850. The lowest BCUT2D eigenvalue weighted by Crippen LogP contribution is -1.91. The normalized spacial score (nSPS) is 15.7. The number of allylic oxidation sites excluding steroid dienone is 4. The first-order valence-electron chi connectivity index (χ1n) is 6.39. The summed E-state index contributed by atoms with van der Waals surface area (Å²) in [4.78, 5) is 10.00. The maximum absolute atomic E-state index is 10.00. The molecular weight excluding hydrogens is 196 g/mol. The van der Waals surface area contributed by atoms with E-state index in [2.05, 4.69) is 39.0 Å². The fraction of sp³-hybridized carbons (Fsp3) is 0.667. The van der Waals surface area contributed by atoms with E-state index in [9.17, 15) is 4.79 Å². The highest BCUT2D eigenvalue weighted by atomic mass is 16.1. The average molecular weight is 221 g/mol. The van der Waals surface area contributed by atoms with E-state index in [1.165, 1.54) is 19.3 Å². The van der Waals surface area contributed by atoms with Gasteiger partial charge in [-0.1, -0.05) is 57.9 Å². The van der Waals surface area contributed by atoms with Gasteiger partial charge >= 0.3 is 0 Å². The zero-order chi connectivity index (χ0) is 12.2. The molecule has 91 valence electrons. The molecule has 0 bridgehead atoms. The molecule has 0 heterocycles. The molecule has 2 atom stereocenters. The fourth-order valence-corrected chi connectivity index (χ4v) is 1.57. The largest absolute Gasteiger partial charge is 0.291 e. The summed E-state index contributed by atoms with van der Waals surface area (Å²) in [5.41, 5.74) is 0. The molecule has 16 heavy (non-hydrogen) atoms. The number of hydrogen-bond acceptors (Lipinski definition) is 1. The number of hydrogen-bond donors (Lipinski definition) is 0. The van der Waals surface area contributed by atoms with Crippen LogP contribution in [0.4, 0.5) is 0 Å². The molecule has 0 aliphatic carbocycles. The molecule has 0 aromatic heterocycles. The van der Waals surface area contributed by atoms with Crippen molar-refractivity contribution in [2.45, 2.75) is 52.9 Å². The Labute approximate surface area is 101 Å². The van der Waals surface area contributed by atoms with E-state index in [-0.39, 0.29) is 0 Å². The Morgan fingerprint density at radius 3 is 2.44 bits per heavy atom. The summed E-state index contributed by atoms with van der Waals surface area (Å²) in [6.07, 6.45) is 15.8. The lowest BCUT2D eigenvalue weighted by atomic mass is 10.0. The van der Waals surface area contributed by atoms with Gasteiger partial charge in [0.1, 0.15) is 0 Å². The molecule has 0 saturated carbocycles. The number of unbranched alkanes of at least 4 members (excludes halogenated alkanes) is 1. The molecule has 0 N–H and O–H groups in total. The molecule has 0 aliphatic heterocycles. The standard InChI is InChI=1S/C15H25O/c1-4-5-9-14(2)11-8-12-15(3)10-6-7-13-16/h6,8,10-11,14-15H,4-5,7,9,12H2,1-3H3/b10-6+,11-8+. The van der Waals surface area contributed by atoms with E-state index in [1.807, 2.05) is 12.4 Å². The van der Waals surface area contributed by atoms with Gasteiger partial charge < -0.3 is 0 Å². The zero-order valence-electron chi connectivity index (χ0n) is 10.9. The van der Waals surface area contributed by atoms with Crippen molar-refractivity contribution < 1.29 is 4.79 Å². The monoisotopic (exact) mass is 221 g/mol. The van der Waals surface area contributed by atoms with Crippen molar-refractivity contribution in [2.24, 2.45) is 11.8 Å². The van der Waals surface area contributed by atoms with E-state index in [0.29, 0.717) is 18.3 Å². The van der Waals surface area contributed by atoms with Gasteiger partial charge in [0.2, 0.25) is 6.29 Å². The molecule has 0 aromatic carbocycles. The Kier molecular flexibility index (Phi) is 10.1. The molecule has 0 amide bonds. The van der Waals surface area contributed by atoms with Gasteiger partial charge in [0.15, 0.2) is 0 Å². The first kappa shape index (κ1) is 15.2. The molecule has 0 spiro atoms. The molecule has 1 nitrogen and oxygen atoms in total. The first-order chi connectivity index (χ1) is 7.70. The Morgan fingerprint density at radius 1 is 1.12 bits per heavy atom. The van der Waals surface area contributed by atoms with Crippen LogP contribution in [0.3, 0.4) is 0 Å². The second-order valence-corrected chi connectivity index (χ2v) is 4.54. The molecule has 1 radical (unpaired) electrons. The quantitative estimate of drug-likeness (QED) is 0.526. The molecule has 1 heteroatoms. The van der Waals surface area contributed by atoms with Gasteiger partial charge in [-0.25, -0.2) is 0 Å². The van der Waals surface area contributed by atoms with Crippen LogP contribution in [0.25, 0.3) is 0 Å². The van der Waals surface area contributed by atoms with Crippen LogP contribution in [0.2, 0.25) is 0 Å². The van der Waals surface area contributed by atoms with Crippen LogP contribution in [-0.2, 0) is 4.79 Å². The van der Waals surface area contributed by atoms with Crippen molar-refractivity contribution >= 4 is 6.29 Å². The molecule has 0 aliphatic rings. The van der Waals surface area contributed by atoms with Crippen molar-refractivity contribution in [3.05, 3.63) is 24.3 Å². The van der Waals surface area contributed by atoms with Gasteiger partial charge in [-0.2, -0.15) is 0 Å². The Bertz CT molecular complexity index is 215. The molecular formula is C15H25O. The summed E-state index contributed by atoms with van der Waals surface area (Å²) in [6, 6.07) is 0. The van der Waals surface area contributed by atoms with Crippen molar-refractivity contribution in [3.8, 4) is 0 Å². The molecule has 0 aromatic rings. The van der Waals surface area contributed by atoms with Crippen LogP contribution >= 0.6 is 0 Å². The maximum atomic E-state index is 10.00. The minimum Gasteiger partial charge on any atom is -0.291 e. The zero-order valence-corrected chi connectivity index (χ0v) is 10.9. The van der Waals surface area contributed by atoms with Crippen molar-refractivity contribution in [1.29, 1.82) is 0 Å². The smallest absolute Gasteiger partial charge is 0.202 e. The van der Waals surface area contributed by atoms with Crippen LogP contribution in [0.1, 0.15) is 52.9 Å². The topological polar surface area (TPSA) is 17.1 Å². The summed E-state index contributed by atoms with van der Waals surface area (Å²) in [5, 5.41) is 0. The van der Waals surface area contributed by atoms with Gasteiger partial charge in [0.05, 0.1) is 0 Å². The summed E-state index contributed by atoms with van der Waals surface area (Å²) < 4.78 is 0. The van der Waals surface area contributed by atoms with Gasteiger partial charge in [-0.3, -0.25) is 4.79 Å². The first-order valence-corrected chi connectivity index (χ1v) is 6.39. The second-order valence-electron chi connectivity index (χ2n) is 4.54. The lowest BCUT2D eigenvalue weighted by Gasteiger charge is -2.05. The summed E-state index contributed by atoms with van der Waals surface area (Å²) >= 11 is 0. The third-order valence-electron chi connectivity index (χ3n) is 2.65.